The average molecular weight is 645 g/mol. The molecule has 0 unspecified atom stereocenters. The Balaban J connectivity index is 1.26. The largest absolute Gasteiger partial charge is 0.398 e. The molecule has 5 nitrogen and oxygen atoms in total. The Kier molecular flexibility index (Phi) is 8.98. The van der Waals surface area contributed by atoms with Gasteiger partial charge in [-0.05, 0) is 88.6 Å². The Morgan fingerprint density at radius 2 is 1.60 bits per heavy atom. The van der Waals surface area contributed by atoms with E-state index in [2.05, 4.69) is 55.5 Å². The van der Waals surface area contributed by atoms with Gasteiger partial charge in [0.05, 0.1) is 6.08 Å². The zero-order valence-electron chi connectivity index (χ0n) is 27.0. The van der Waals surface area contributed by atoms with E-state index in [0.29, 0.717) is 17.4 Å². The van der Waals surface area contributed by atoms with Crippen molar-refractivity contribution in [3.8, 4) is 22.3 Å². The lowest BCUT2D eigenvalue weighted by molar-refractivity contribution is -0.673. The molecule has 0 amide bonds. The van der Waals surface area contributed by atoms with Crippen LogP contribution in [0.4, 0.5) is 0 Å². The van der Waals surface area contributed by atoms with Crippen molar-refractivity contribution >= 4 is 27.3 Å². The average Bonchev–Trinajstić information content (AvgIpc) is 3.67. The number of hydrogen-bond acceptors (Lipinski definition) is 3. The van der Waals surface area contributed by atoms with Crippen molar-refractivity contribution in [2.24, 2.45) is 0 Å². The highest BCUT2D eigenvalue weighted by molar-refractivity contribution is 7.85. The monoisotopic (exact) mass is 644 g/mol. The third-order valence-corrected chi connectivity index (χ3v) is 10.6. The van der Waals surface area contributed by atoms with Crippen LogP contribution >= 0.6 is 0 Å². The predicted molar refractivity (Wildman–Crippen MR) is 190 cm³/mol. The zero-order chi connectivity index (χ0) is 32.4. The maximum absolute atomic E-state index is 11.8. The highest BCUT2D eigenvalue weighted by Crippen LogP contribution is 2.44. The summed E-state index contributed by atoms with van der Waals surface area (Å²) in [5.74, 6) is 0.786. The maximum atomic E-state index is 11.8. The lowest BCUT2D eigenvalue weighted by atomic mass is 9.78. The van der Waals surface area contributed by atoms with Crippen LogP contribution in [0.5, 0.6) is 0 Å². The molecule has 5 aromatic rings. The summed E-state index contributed by atoms with van der Waals surface area (Å²) in [6, 6.07) is 31.6. The molecule has 0 aliphatic heterocycles. The molecule has 0 spiro atoms. The summed E-state index contributed by atoms with van der Waals surface area (Å²) in [5.41, 5.74) is 13.3. The molecule has 1 fully saturated rings. The highest BCUT2D eigenvalue weighted by Gasteiger charge is 2.28. The van der Waals surface area contributed by atoms with Crippen LogP contribution in [0, 0.1) is 0 Å². The van der Waals surface area contributed by atoms with Gasteiger partial charge < -0.3 is 4.42 Å². The van der Waals surface area contributed by atoms with Gasteiger partial charge in [-0.1, -0.05) is 117 Å². The van der Waals surface area contributed by atoms with Gasteiger partial charge >= 0.3 is 5.89 Å². The number of aromatic nitrogens is 1. The van der Waals surface area contributed by atoms with E-state index in [0.717, 1.165) is 41.5 Å². The Bertz CT molecular complexity index is 2070. The molecule has 2 aliphatic rings. The van der Waals surface area contributed by atoms with Gasteiger partial charge in [-0.2, -0.15) is 13.0 Å². The van der Waals surface area contributed by atoms with E-state index in [1.807, 2.05) is 59.2 Å². The number of rotatable bonds is 9. The van der Waals surface area contributed by atoms with Gasteiger partial charge in [0.15, 0.2) is 6.54 Å². The summed E-state index contributed by atoms with van der Waals surface area (Å²) >= 11 is 0. The van der Waals surface area contributed by atoms with Gasteiger partial charge in [-0.3, -0.25) is 4.55 Å². The minimum absolute atomic E-state index is 0.0852. The third-order valence-electron chi connectivity index (χ3n) is 9.89. The van der Waals surface area contributed by atoms with Crippen molar-refractivity contribution < 1.29 is 22.0 Å². The molecule has 240 valence electrons. The van der Waals surface area contributed by atoms with Gasteiger partial charge in [0.2, 0.25) is 5.58 Å². The fraction of sp³-hybridized carbons (Fsp3) is 0.293. The first kappa shape index (κ1) is 31.3. The second-order valence-corrected chi connectivity index (χ2v) is 14.6. The third kappa shape index (κ3) is 6.90. The van der Waals surface area contributed by atoms with E-state index in [1.54, 1.807) is 5.56 Å². The second-order valence-electron chi connectivity index (χ2n) is 13.0. The summed E-state index contributed by atoms with van der Waals surface area (Å²) in [4.78, 5) is 0. The van der Waals surface area contributed by atoms with Crippen LogP contribution in [0.1, 0.15) is 73.9 Å². The molecule has 7 rings (SSSR count). The summed E-state index contributed by atoms with van der Waals surface area (Å²) in [5, 5.41) is 0. The lowest BCUT2D eigenvalue weighted by Crippen LogP contribution is -2.38. The lowest BCUT2D eigenvalue weighted by Gasteiger charge is -2.27. The van der Waals surface area contributed by atoms with Gasteiger partial charge in [-0.25, -0.2) is 0 Å². The summed E-state index contributed by atoms with van der Waals surface area (Å²) in [7, 11) is -4.16. The Labute approximate surface area is 278 Å². The fourth-order valence-corrected chi connectivity index (χ4v) is 7.98. The summed E-state index contributed by atoms with van der Waals surface area (Å²) < 4.78 is 41.5. The molecule has 0 atom stereocenters. The Hall–Kier alpha value is -4.26. The molecule has 1 aromatic heterocycles. The molecule has 1 N–H and O–H groups in total. The molecule has 0 radical (unpaired) electrons. The molecule has 1 saturated carbocycles. The minimum atomic E-state index is -4.16. The maximum Gasteiger partial charge on any atom is 0.374 e. The second kappa shape index (κ2) is 13.5. The molecule has 1 heterocycles. The normalized spacial score (nSPS) is 16.6. The molecular formula is C41H42NO4S+. The topological polar surface area (TPSA) is 71.4 Å². The van der Waals surface area contributed by atoms with Gasteiger partial charge in [0.1, 0.15) is 5.75 Å². The standard InChI is InChI=1S/C41H41NO4S/c1-2-29(27-40-42(22-23-47(43,44)45)38-28-34(19-21-39(38)46-40)31-12-6-3-7-13-31)24-30-25-35-18-20-36(32-14-8-4-9-15-32)41(37(35)26-30)33-16-10-5-11-17-33/h3-4,6-9,12-15,18-21,24,27-28,33H,2,5,10-11,16-17,22-23,25-26H2,1H3/p+1. The van der Waals surface area contributed by atoms with Crippen molar-refractivity contribution in [1.29, 1.82) is 0 Å². The van der Waals surface area contributed by atoms with Crippen molar-refractivity contribution in [1.82, 2.24) is 0 Å². The van der Waals surface area contributed by atoms with E-state index in [-0.39, 0.29) is 6.54 Å². The zero-order valence-corrected chi connectivity index (χ0v) is 27.8. The quantitative estimate of drug-likeness (QED) is 0.128. The van der Waals surface area contributed by atoms with E-state index >= 15 is 0 Å². The van der Waals surface area contributed by atoms with Gasteiger partial charge in [0, 0.05) is 6.07 Å². The molecule has 0 saturated heterocycles. The highest BCUT2D eigenvalue weighted by atomic mass is 32.2. The SMILES string of the molecule is CCC(=Cc1oc2ccc(-c3ccccc3)cc2[n+]1CCS(=O)(=O)O)C=C1Cc2ccc(-c3ccccc3)c(C3CCCCC3)c2C1. The molecule has 0 bridgehead atoms. The number of allylic oxidation sites excluding steroid dienone is 3. The minimum Gasteiger partial charge on any atom is -0.398 e. The number of aryl methyl sites for hydroxylation is 1. The van der Waals surface area contributed by atoms with Crippen LogP contribution in [0.3, 0.4) is 0 Å². The number of benzene rings is 4. The molecule has 4 aromatic carbocycles. The summed E-state index contributed by atoms with van der Waals surface area (Å²) in [6.45, 7) is 2.23. The van der Waals surface area contributed by atoms with Crippen LogP contribution in [-0.4, -0.2) is 18.7 Å². The van der Waals surface area contributed by atoms with Gasteiger partial charge in [0.25, 0.3) is 15.6 Å². The number of hydrogen-bond donors (Lipinski definition) is 1. The smallest absolute Gasteiger partial charge is 0.374 e. The van der Waals surface area contributed by atoms with Gasteiger partial charge in [-0.15, -0.1) is 0 Å². The first-order valence-electron chi connectivity index (χ1n) is 16.9. The fourth-order valence-electron chi connectivity index (χ4n) is 7.57. The molecular weight excluding hydrogens is 603 g/mol. The van der Waals surface area contributed by atoms with E-state index in [9.17, 15) is 13.0 Å². The molecule has 6 heteroatoms. The first-order chi connectivity index (χ1) is 22.9. The number of oxazole rings is 1. The summed E-state index contributed by atoms with van der Waals surface area (Å²) in [6.07, 6.45) is 13.5. The van der Waals surface area contributed by atoms with Crippen molar-refractivity contribution in [2.45, 2.75) is 70.8 Å². The first-order valence-corrected chi connectivity index (χ1v) is 18.5. The van der Waals surface area contributed by atoms with E-state index in [1.165, 1.54) is 59.9 Å². The van der Waals surface area contributed by atoms with E-state index in [4.69, 9.17) is 4.42 Å². The van der Waals surface area contributed by atoms with Crippen molar-refractivity contribution in [2.75, 3.05) is 5.75 Å². The van der Waals surface area contributed by atoms with Crippen LogP contribution in [0.2, 0.25) is 0 Å². The van der Waals surface area contributed by atoms with Crippen molar-refractivity contribution in [3.05, 3.63) is 131 Å². The van der Waals surface area contributed by atoms with Crippen LogP contribution in [-0.2, 0) is 29.5 Å². The van der Waals surface area contributed by atoms with Crippen LogP contribution in [0.25, 0.3) is 39.4 Å². The van der Waals surface area contributed by atoms with Crippen LogP contribution < -0.4 is 4.57 Å². The predicted octanol–water partition coefficient (Wildman–Crippen LogP) is 9.51. The Morgan fingerprint density at radius 3 is 2.30 bits per heavy atom. The number of fused-ring (bicyclic) bond motifs is 2. The number of nitrogens with zero attached hydrogens (tertiary/aromatic N) is 1. The molecule has 2 aliphatic carbocycles. The molecule has 47 heavy (non-hydrogen) atoms. The Morgan fingerprint density at radius 1 is 0.872 bits per heavy atom. The van der Waals surface area contributed by atoms with E-state index < -0.39 is 15.9 Å². The van der Waals surface area contributed by atoms with Crippen LogP contribution in [0.15, 0.2) is 113 Å². The van der Waals surface area contributed by atoms with Crippen molar-refractivity contribution in [3.63, 3.8) is 0 Å².